The van der Waals surface area contributed by atoms with Gasteiger partial charge in [-0.2, -0.15) is 0 Å². The number of nitro benzene ring substituents is 1. The van der Waals surface area contributed by atoms with E-state index < -0.39 is 4.92 Å². The van der Waals surface area contributed by atoms with Crippen LogP contribution in [0.3, 0.4) is 0 Å². The number of anilines is 1. The molecule has 7 heteroatoms. The lowest BCUT2D eigenvalue weighted by Crippen LogP contribution is -2.37. The number of benzene rings is 2. The third-order valence-corrected chi connectivity index (χ3v) is 4.82. The molecule has 1 aliphatic rings. The first-order chi connectivity index (χ1) is 12.9. The fourth-order valence-corrected chi connectivity index (χ4v) is 3.23. The Balaban J connectivity index is 1.75. The highest BCUT2D eigenvalue weighted by atomic mass is 19.1. The Kier molecular flexibility index (Phi) is 5.51. The highest BCUT2D eigenvalue weighted by Crippen LogP contribution is 2.35. The molecule has 0 radical (unpaired) electrons. The largest absolute Gasteiger partial charge is 0.319 e. The molecular formula is C20H22FN3O3. The maximum absolute atomic E-state index is 14.1. The summed E-state index contributed by atoms with van der Waals surface area (Å²) in [6.07, 6.45) is 1.91. The summed E-state index contributed by atoms with van der Waals surface area (Å²) in [6, 6.07) is 11.2. The van der Waals surface area contributed by atoms with Crippen LogP contribution in [0.1, 0.15) is 36.9 Å². The van der Waals surface area contributed by atoms with Gasteiger partial charge in [-0.05, 0) is 44.4 Å². The number of amides is 1. The minimum Gasteiger partial charge on any atom is -0.319 e. The van der Waals surface area contributed by atoms with E-state index in [4.69, 9.17) is 0 Å². The van der Waals surface area contributed by atoms with Crippen molar-refractivity contribution in [2.45, 2.75) is 38.8 Å². The molecule has 1 aliphatic carbocycles. The lowest BCUT2D eigenvalue weighted by atomic mass is 10.1. The third kappa shape index (κ3) is 4.49. The quantitative estimate of drug-likeness (QED) is 0.584. The van der Waals surface area contributed by atoms with Gasteiger partial charge >= 0.3 is 0 Å². The summed E-state index contributed by atoms with van der Waals surface area (Å²) in [6.45, 7) is 3.67. The van der Waals surface area contributed by atoms with Crippen LogP contribution < -0.4 is 5.32 Å². The van der Waals surface area contributed by atoms with Crippen molar-refractivity contribution in [2.75, 3.05) is 11.9 Å². The highest BCUT2D eigenvalue weighted by Gasteiger charge is 2.35. The summed E-state index contributed by atoms with van der Waals surface area (Å²) < 4.78 is 14.1. The SMILES string of the molecule is Cc1ccc(NC(=O)CN(C2CC2)C(C)c2ccccc2F)c([N+](=O)[O-])c1. The van der Waals surface area contributed by atoms with Gasteiger partial charge in [0.15, 0.2) is 0 Å². The fraction of sp³-hybridized carbons (Fsp3) is 0.350. The lowest BCUT2D eigenvalue weighted by molar-refractivity contribution is -0.384. The topological polar surface area (TPSA) is 75.5 Å². The monoisotopic (exact) mass is 371 g/mol. The molecule has 142 valence electrons. The van der Waals surface area contributed by atoms with E-state index in [9.17, 15) is 19.3 Å². The molecule has 2 aromatic carbocycles. The van der Waals surface area contributed by atoms with Gasteiger partial charge in [-0.1, -0.05) is 24.3 Å². The number of hydrogen-bond donors (Lipinski definition) is 1. The summed E-state index contributed by atoms with van der Waals surface area (Å²) in [5.41, 5.74) is 1.32. The molecule has 27 heavy (non-hydrogen) atoms. The number of nitrogens with one attached hydrogen (secondary N) is 1. The van der Waals surface area contributed by atoms with E-state index in [2.05, 4.69) is 5.32 Å². The summed E-state index contributed by atoms with van der Waals surface area (Å²) in [5.74, 6) is -0.651. The summed E-state index contributed by atoms with van der Waals surface area (Å²) in [4.78, 5) is 25.2. The van der Waals surface area contributed by atoms with E-state index in [1.54, 1.807) is 31.2 Å². The Bertz CT molecular complexity index is 867. The Morgan fingerprint density at radius 3 is 2.67 bits per heavy atom. The van der Waals surface area contributed by atoms with Crippen molar-refractivity contribution in [3.8, 4) is 0 Å². The molecule has 1 unspecified atom stereocenters. The summed E-state index contributed by atoms with van der Waals surface area (Å²) in [7, 11) is 0. The van der Waals surface area contributed by atoms with Crippen LogP contribution in [0, 0.1) is 22.9 Å². The number of carbonyl (C=O) groups excluding carboxylic acids is 1. The zero-order valence-electron chi connectivity index (χ0n) is 15.3. The van der Waals surface area contributed by atoms with Gasteiger partial charge in [-0.25, -0.2) is 4.39 Å². The van der Waals surface area contributed by atoms with Crippen molar-refractivity contribution < 1.29 is 14.1 Å². The highest BCUT2D eigenvalue weighted by molar-refractivity contribution is 5.94. The Morgan fingerprint density at radius 1 is 1.33 bits per heavy atom. The van der Waals surface area contributed by atoms with Crippen LogP contribution in [-0.4, -0.2) is 28.3 Å². The summed E-state index contributed by atoms with van der Waals surface area (Å²) in [5, 5.41) is 13.9. The standard InChI is InChI=1S/C20H22FN3O3/c1-13-7-10-18(19(11-13)24(26)27)22-20(25)12-23(15-8-9-15)14(2)16-5-3-4-6-17(16)21/h3-7,10-11,14-15H,8-9,12H2,1-2H3,(H,22,25). The van der Waals surface area contributed by atoms with Crippen LogP contribution in [-0.2, 0) is 4.79 Å². The van der Waals surface area contributed by atoms with Gasteiger partial charge in [-0.15, -0.1) is 0 Å². The maximum Gasteiger partial charge on any atom is 0.293 e. The van der Waals surface area contributed by atoms with E-state index in [1.165, 1.54) is 18.2 Å². The average Bonchev–Trinajstić information content (AvgIpc) is 3.46. The predicted octanol–water partition coefficient (Wildman–Crippen LogP) is 4.21. The molecule has 1 saturated carbocycles. The van der Waals surface area contributed by atoms with Crippen molar-refractivity contribution in [1.82, 2.24) is 4.90 Å². The Hall–Kier alpha value is -2.80. The van der Waals surface area contributed by atoms with Crippen molar-refractivity contribution in [1.29, 1.82) is 0 Å². The van der Waals surface area contributed by atoms with Crippen LogP contribution in [0.5, 0.6) is 0 Å². The van der Waals surface area contributed by atoms with Crippen LogP contribution >= 0.6 is 0 Å². The van der Waals surface area contributed by atoms with Crippen LogP contribution in [0.15, 0.2) is 42.5 Å². The zero-order valence-corrected chi connectivity index (χ0v) is 15.3. The molecule has 0 bridgehead atoms. The van der Waals surface area contributed by atoms with Crippen molar-refractivity contribution in [3.05, 3.63) is 69.5 Å². The first kappa shape index (κ1) is 19.0. The van der Waals surface area contributed by atoms with Gasteiger partial charge in [-0.3, -0.25) is 19.8 Å². The minimum absolute atomic E-state index is 0.0468. The number of nitro groups is 1. The molecule has 0 spiro atoms. The molecule has 1 atom stereocenters. The molecule has 0 heterocycles. The molecular weight excluding hydrogens is 349 g/mol. The van der Waals surface area contributed by atoms with Gasteiger partial charge in [0.25, 0.3) is 5.69 Å². The van der Waals surface area contributed by atoms with E-state index in [0.717, 1.165) is 18.4 Å². The molecule has 0 aromatic heterocycles. The normalized spacial score (nSPS) is 14.8. The molecule has 0 saturated heterocycles. The number of carbonyl (C=O) groups is 1. The number of rotatable bonds is 7. The van der Waals surface area contributed by atoms with E-state index >= 15 is 0 Å². The molecule has 2 aromatic rings. The lowest BCUT2D eigenvalue weighted by Gasteiger charge is -2.29. The second-order valence-electron chi connectivity index (χ2n) is 6.93. The third-order valence-electron chi connectivity index (χ3n) is 4.82. The van der Waals surface area contributed by atoms with Crippen molar-refractivity contribution >= 4 is 17.3 Å². The Labute approximate surface area is 157 Å². The number of halogens is 1. The second-order valence-corrected chi connectivity index (χ2v) is 6.93. The number of nitrogens with zero attached hydrogens (tertiary/aromatic N) is 2. The maximum atomic E-state index is 14.1. The van der Waals surface area contributed by atoms with E-state index in [1.807, 2.05) is 11.8 Å². The molecule has 1 amide bonds. The van der Waals surface area contributed by atoms with Gasteiger partial charge in [0.05, 0.1) is 11.5 Å². The summed E-state index contributed by atoms with van der Waals surface area (Å²) >= 11 is 0. The smallest absolute Gasteiger partial charge is 0.293 e. The van der Waals surface area contributed by atoms with Crippen LogP contribution in [0.25, 0.3) is 0 Å². The van der Waals surface area contributed by atoms with Crippen molar-refractivity contribution in [3.63, 3.8) is 0 Å². The molecule has 0 aliphatic heterocycles. The zero-order chi connectivity index (χ0) is 19.6. The molecule has 1 N–H and O–H groups in total. The minimum atomic E-state index is -0.511. The van der Waals surface area contributed by atoms with Crippen molar-refractivity contribution in [2.24, 2.45) is 0 Å². The Morgan fingerprint density at radius 2 is 2.04 bits per heavy atom. The van der Waals surface area contributed by atoms with Gasteiger partial charge in [0, 0.05) is 23.7 Å². The van der Waals surface area contributed by atoms with Crippen LogP contribution in [0.2, 0.25) is 0 Å². The fourth-order valence-electron chi connectivity index (χ4n) is 3.23. The van der Waals surface area contributed by atoms with Gasteiger partial charge in [0.1, 0.15) is 11.5 Å². The van der Waals surface area contributed by atoms with Crippen LogP contribution in [0.4, 0.5) is 15.8 Å². The second kappa shape index (κ2) is 7.84. The molecule has 3 rings (SSSR count). The number of aryl methyl sites for hydroxylation is 1. The first-order valence-electron chi connectivity index (χ1n) is 8.92. The molecule has 1 fully saturated rings. The average molecular weight is 371 g/mol. The predicted molar refractivity (Wildman–Crippen MR) is 101 cm³/mol. The van der Waals surface area contributed by atoms with Gasteiger partial charge < -0.3 is 5.32 Å². The number of hydrogen-bond acceptors (Lipinski definition) is 4. The van der Waals surface area contributed by atoms with Gasteiger partial charge in [0.2, 0.25) is 5.91 Å². The first-order valence-corrected chi connectivity index (χ1v) is 8.92. The van der Waals surface area contributed by atoms with E-state index in [-0.39, 0.29) is 41.7 Å². The van der Waals surface area contributed by atoms with E-state index in [0.29, 0.717) is 5.56 Å². The molecule has 6 nitrogen and oxygen atoms in total.